The number of halogens is 3. The fourth-order valence-corrected chi connectivity index (χ4v) is 13.0. The number of methoxy groups -OCH3 is 1. The summed E-state index contributed by atoms with van der Waals surface area (Å²) in [7, 11) is -2.33. The number of alkyl carbamates (subject to hydrolysis) is 1. The number of hydrogen-bond acceptors (Lipinski definition) is 9. The largest absolute Gasteiger partial charge is 0.453 e. The van der Waals surface area contributed by atoms with Gasteiger partial charge in [-0.15, -0.1) is 0 Å². The van der Waals surface area contributed by atoms with Gasteiger partial charge in [0.1, 0.15) is 11.1 Å². The van der Waals surface area contributed by atoms with E-state index >= 15 is 13.2 Å². The molecule has 4 atom stereocenters. The third kappa shape index (κ3) is 9.50. The number of piperidine rings is 2. The van der Waals surface area contributed by atoms with Crippen LogP contribution in [-0.4, -0.2) is 149 Å². The highest BCUT2D eigenvalue weighted by Crippen LogP contribution is 2.52. The van der Waals surface area contributed by atoms with Crippen LogP contribution in [0.1, 0.15) is 63.4 Å². The van der Waals surface area contributed by atoms with Gasteiger partial charge in [-0.2, -0.15) is 0 Å². The van der Waals surface area contributed by atoms with Gasteiger partial charge in [-0.25, -0.2) is 26.4 Å². The highest BCUT2D eigenvalue weighted by molar-refractivity contribution is 7.92. The molecule has 8 rings (SSSR count). The molecule has 0 aromatic heterocycles. The van der Waals surface area contributed by atoms with Crippen LogP contribution < -0.4 is 10.2 Å². The number of ether oxygens (including phenoxy) is 1. The Morgan fingerprint density at radius 1 is 0.869 bits per heavy atom. The number of nitrogens with zero attached hydrogens (tertiary/aromatic N) is 5. The van der Waals surface area contributed by atoms with Gasteiger partial charge in [0.25, 0.3) is 5.92 Å². The summed E-state index contributed by atoms with van der Waals surface area (Å²) >= 11 is 0. The summed E-state index contributed by atoms with van der Waals surface area (Å²) in [6, 6.07) is 13.1. The quantitative estimate of drug-likeness (QED) is 0.236. The van der Waals surface area contributed by atoms with Gasteiger partial charge in [-0.3, -0.25) is 9.69 Å². The Labute approximate surface area is 359 Å². The summed E-state index contributed by atoms with van der Waals surface area (Å²) in [5, 5.41) is 2.42. The van der Waals surface area contributed by atoms with Crippen LogP contribution in [0.5, 0.6) is 0 Å². The van der Waals surface area contributed by atoms with Crippen LogP contribution in [0.4, 0.5) is 23.7 Å². The van der Waals surface area contributed by atoms with Crippen molar-refractivity contribution in [3.63, 3.8) is 0 Å². The molecule has 2 aromatic carbocycles. The zero-order valence-corrected chi connectivity index (χ0v) is 36.4. The molecule has 6 fully saturated rings. The first-order valence-electron chi connectivity index (χ1n) is 22.6. The monoisotopic (exact) mass is 868 g/mol. The molecule has 5 aliphatic heterocycles. The molecule has 0 spiro atoms. The van der Waals surface area contributed by atoms with Gasteiger partial charge >= 0.3 is 6.09 Å². The van der Waals surface area contributed by atoms with Crippen molar-refractivity contribution < 1.29 is 35.9 Å². The first kappa shape index (κ1) is 44.0. The zero-order chi connectivity index (χ0) is 42.8. The molecule has 1 aliphatic carbocycles. The number of hydrogen-bond donors (Lipinski definition) is 1. The topological polar surface area (TPSA) is 106 Å². The van der Waals surface area contributed by atoms with Gasteiger partial charge in [-0.05, 0) is 138 Å². The fraction of sp³-hybridized carbons (Fsp3) is 0.652. The minimum atomic E-state index is -3.70. The summed E-state index contributed by atoms with van der Waals surface area (Å²) in [6.07, 6.45) is 11.8. The predicted octanol–water partition coefficient (Wildman–Crippen LogP) is 5.80. The summed E-state index contributed by atoms with van der Waals surface area (Å²) < 4.78 is 78.6. The number of sulfone groups is 1. The second kappa shape index (κ2) is 18.6. The minimum absolute atomic E-state index is 0.0637. The van der Waals surface area contributed by atoms with Crippen molar-refractivity contribution in [3.05, 3.63) is 72.1 Å². The fourth-order valence-electron chi connectivity index (χ4n) is 11.3. The second-order valence-corrected chi connectivity index (χ2v) is 20.8. The Balaban J connectivity index is 0.886. The summed E-state index contributed by atoms with van der Waals surface area (Å²) in [5.41, 5.74) is 1.07. The Hall–Kier alpha value is -3.66. The van der Waals surface area contributed by atoms with E-state index in [1.165, 1.54) is 44.6 Å². The van der Waals surface area contributed by atoms with Gasteiger partial charge < -0.3 is 29.7 Å². The van der Waals surface area contributed by atoms with Crippen LogP contribution in [0.3, 0.4) is 0 Å². The molecule has 11 nitrogen and oxygen atoms in total. The molecule has 6 aliphatic rings. The lowest BCUT2D eigenvalue weighted by Crippen LogP contribution is -2.59. The molecular formula is C46H63F3N6O5S. The SMILES string of the molecule is COC(=O)N[C@H]1CCC[C@@H]1[C@](CN1CCC1)(c1cccc(F)c1)C1CCN(C[C@H]2CN(c3ccc(S(=O)(=O)C4CN(C(=O)/C=C/CN5CCCCC5)C4)cc3)CC2(F)F)CC1. The van der Waals surface area contributed by atoms with Crippen LogP contribution in [0.15, 0.2) is 65.6 Å². The number of alkyl halides is 2. The summed E-state index contributed by atoms with van der Waals surface area (Å²) in [5.74, 6) is -4.09. The minimum Gasteiger partial charge on any atom is -0.453 e. The Kier molecular flexibility index (Phi) is 13.4. The van der Waals surface area contributed by atoms with Crippen molar-refractivity contribution in [2.24, 2.45) is 17.8 Å². The van der Waals surface area contributed by atoms with E-state index in [0.717, 1.165) is 83.4 Å². The van der Waals surface area contributed by atoms with Crippen molar-refractivity contribution in [2.45, 2.75) is 85.3 Å². The first-order valence-corrected chi connectivity index (χ1v) is 24.1. The normalized spacial score (nSPS) is 26.9. The molecule has 1 saturated carbocycles. The smallest absolute Gasteiger partial charge is 0.407 e. The highest BCUT2D eigenvalue weighted by atomic mass is 32.2. The molecule has 2 aromatic rings. The van der Waals surface area contributed by atoms with Crippen molar-refractivity contribution in [1.82, 2.24) is 24.9 Å². The maximum Gasteiger partial charge on any atom is 0.407 e. The van der Waals surface area contributed by atoms with E-state index < -0.39 is 45.0 Å². The number of anilines is 1. The van der Waals surface area contributed by atoms with Crippen LogP contribution in [0, 0.1) is 23.6 Å². The van der Waals surface area contributed by atoms with Crippen LogP contribution in [-0.2, 0) is 24.8 Å². The van der Waals surface area contributed by atoms with E-state index in [-0.39, 0.29) is 60.7 Å². The number of rotatable bonds is 14. The van der Waals surface area contributed by atoms with Gasteiger partial charge in [0.2, 0.25) is 5.91 Å². The lowest BCUT2D eigenvalue weighted by Gasteiger charge is -2.53. The standard InChI is InChI=1S/C46H63F3N6O5S/c1-60-44(57)50-42-12-6-11-41(42)45(32-53-23-8-24-53,35-9-5-10-37(47)27-35)34-18-25-52(26-19-34)28-36-29-55(33-46(36,48)49)38-14-16-39(17-15-38)61(58,59)40-30-54(31-40)43(56)13-7-22-51-20-3-2-4-21-51/h5,7,9-10,13-17,27,34,36,40-42H,2-4,6,8,11-12,18-26,28-33H2,1H3,(H,50,57)/b13-7+/t36-,41-,42-,45-/m0/s1. The van der Waals surface area contributed by atoms with Crippen molar-refractivity contribution in [3.8, 4) is 0 Å². The molecule has 5 saturated heterocycles. The maximum atomic E-state index is 15.8. The van der Waals surface area contributed by atoms with E-state index in [9.17, 15) is 18.0 Å². The summed E-state index contributed by atoms with van der Waals surface area (Å²) in [6.45, 7) is 6.98. The van der Waals surface area contributed by atoms with Gasteiger partial charge in [0.15, 0.2) is 9.84 Å². The van der Waals surface area contributed by atoms with Crippen molar-refractivity contribution in [1.29, 1.82) is 0 Å². The Morgan fingerprint density at radius 3 is 2.26 bits per heavy atom. The van der Waals surface area contributed by atoms with E-state index in [0.29, 0.717) is 18.8 Å². The Bertz CT molecular complexity index is 1980. The average molecular weight is 869 g/mol. The molecule has 0 bridgehead atoms. The zero-order valence-electron chi connectivity index (χ0n) is 35.5. The third-order valence-corrected chi connectivity index (χ3v) is 17.0. The first-order chi connectivity index (χ1) is 29.4. The summed E-state index contributed by atoms with van der Waals surface area (Å²) in [4.78, 5) is 35.4. The molecule has 2 amide bonds. The second-order valence-electron chi connectivity index (χ2n) is 18.5. The lowest BCUT2D eigenvalue weighted by atomic mass is 9.57. The number of amides is 2. The van der Waals surface area contributed by atoms with E-state index in [1.54, 1.807) is 40.1 Å². The van der Waals surface area contributed by atoms with Gasteiger partial charge in [0.05, 0.1) is 24.5 Å². The van der Waals surface area contributed by atoms with E-state index in [1.807, 2.05) is 12.1 Å². The maximum absolute atomic E-state index is 15.8. The van der Waals surface area contributed by atoms with Crippen LogP contribution >= 0.6 is 0 Å². The predicted molar refractivity (Wildman–Crippen MR) is 229 cm³/mol. The van der Waals surface area contributed by atoms with Crippen LogP contribution in [0.25, 0.3) is 0 Å². The molecule has 5 heterocycles. The molecule has 61 heavy (non-hydrogen) atoms. The van der Waals surface area contributed by atoms with Gasteiger partial charge in [-0.1, -0.05) is 31.1 Å². The van der Waals surface area contributed by atoms with Crippen molar-refractivity contribution >= 4 is 27.5 Å². The number of likely N-dealkylation sites (tertiary alicyclic amines) is 4. The highest BCUT2D eigenvalue weighted by Gasteiger charge is 2.54. The number of benzene rings is 2. The number of carbonyl (C=O) groups excluding carboxylic acids is 2. The Morgan fingerprint density at radius 2 is 1.59 bits per heavy atom. The molecule has 1 N–H and O–H groups in total. The number of carbonyl (C=O) groups is 2. The van der Waals surface area contributed by atoms with Crippen LogP contribution in [0.2, 0.25) is 0 Å². The molecule has 15 heteroatoms. The molecule has 334 valence electrons. The molecule has 0 unspecified atom stereocenters. The molecular weight excluding hydrogens is 806 g/mol. The molecule has 0 radical (unpaired) electrons. The van der Waals surface area contributed by atoms with Gasteiger partial charge in [0, 0.05) is 62.5 Å². The van der Waals surface area contributed by atoms with Crippen molar-refractivity contribution in [2.75, 3.05) is 97.1 Å². The number of nitrogens with one attached hydrogen (secondary N) is 1. The average Bonchev–Trinajstić information content (AvgIpc) is 3.80. The van der Waals surface area contributed by atoms with E-state index in [4.69, 9.17) is 4.74 Å². The third-order valence-electron chi connectivity index (χ3n) is 14.9. The lowest BCUT2D eigenvalue weighted by molar-refractivity contribution is -0.129. The van der Waals surface area contributed by atoms with E-state index in [2.05, 4.69) is 20.0 Å².